The number of hydrogen-bond acceptors (Lipinski definition) is 6. The third kappa shape index (κ3) is 6.50. The molecule has 0 unspecified atom stereocenters. The van der Waals surface area contributed by atoms with E-state index < -0.39 is 17.8 Å². The number of ether oxygens (including phenoxy) is 3. The number of urea groups is 1. The summed E-state index contributed by atoms with van der Waals surface area (Å²) in [5.74, 6) is -0.206. The summed E-state index contributed by atoms with van der Waals surface area (Å²) in [6.45, 7) is 7.02. The Balaban J connectivity index is 1.93. The highest BCUT2D eigenvalue weighted by Gasteiger charge is 2.36. The minimum absolute atomic E-state index is 0.0844. The molecule has 192 valence electrons. The Hall–Kier alpha value is -3.23. The molecule has 1 aliphatic rings. The zero-order valence-electron chi connectivity index (χ0n) is 20.4. The Morgan fingerprint density at radius 1 is 0.917 bits per heavy atom. The number of rotatable bonds is 11. The molecule has 3 rings (SSSR count). The van der Waals surface area contributed by atoms with Crippen molar-refractivity contribution in [2.45, 2.75) is 40.2 Å². The van der Waals surface area contributed by atoms with Crippen molar-refractivity contribution in [2.24, 2.45) is 0 Å². The van der Waals surface area contributed by atoms with Crippen molar-refractivity contribution in [1.82, 2.24) is 10.2 Å². The highest BCUT2D eigenvalue weighted by molar-refractivity contribution is 6.36. The summed E-state index contributed by atoms with van der Waals surface area (Å²) in [4.78, 5) is 39.4. The Kier molecular flexibility index (Phi) is 9.61. The summed E-state index contributed by atoms with van der Waals surface area (Å²) in [5, 5.41) is 2.77. The maximum atomic E-state index is 13.3. The molecule has 1 fully saturated rings. The zero-order valence-corrected chi connectivity index (χ0v) is 21.9. The molecule has 0 aliphatic carbocycles. The molecule has 2 aromatic carbocycles. The second-order valence-electron chi connectivity index (χ2n) is 7.93. The molecule has 0 bridgehead atoms. The van der Waals surface area contributed by atoms with Gasteiger partial charge >= 0.3 is 6.03 Å². The van der Waals surface area contributed by atoms with E-state index in [1.54, 1.807) is 18.2 Å². The normalized spacial score (nSPS) is 14.8. The molecule has 0 spiro atoms. The molecule has 1 heterocycles. The molecular weight excluding hydrogens is 507 g/mol. The average Bonchev–Trinajstić information content (AvgIpc) is 2.83. The van der Waals surface area contributed by atoms with Gasteiger partial charge in [-0.05, 0) is 55.7 Å². The van der Waals surface area contributed by atoms with Gasteiger partial charge in [0.25, 0.3) is 11.8 Å². The highest BCUT2D eigenvalue weighted by Crippen LogP contribution is 2.35. The standard InChI is InChI=1S/C26H28Cl2N2O6/c1-4-9-35-21-8-7-16(11-22(21)34-6-3)15-30-25(32)19(24(31)29-26(30)33)13-17-12-18(27)14-20(28)23(17)36-10-5-2/h7-8,11-14H,4-6,9-10,15H2,1-3H3,(H,29,31,33)/b19-13+. The van der Waals surface area contributed by atoms with Crippen LogP contribution in [0.25, 0.3) is 6.08 Å². The lowest BCUT2D eigenvalue weighted by Crippen LogP contribution is -2.53. The van der Waals surface area contributed by atoms with Crippen LogP contribution >= 0.6 is 23.2 Å². The van der Waals surface area contributed by atoms with Crippen LogP contribution in [0.4, 0.5) is 4.79 Å². The predicted molar refractivity (Wildman–Crippen MR) is 138 cm³/mol. The number of nitrogens with one attached hydrogen (secondary N) is 1. The molecule has 0 saturated carbocycles. The molecule has 1 saturated heterocycles. The van der Waals surface area contributed by atoms with Crippen molar-refractivity contribution >= 4 is 47.1 Å². The number of barbiturate groups is 1. The van der Waals surface area contributed by atoms with Gasteiger partial charge in [0.2, 0.25) is 0 Å². The second kappa shape index (κ2) is 12.6. The first kappa shape index (κ1) is 27.4. The number of halogens is 2. The number of hydrogen-bond donors (Lipinski definition) is 1. The third-order valence-electron chi connectivity index (χ3n) is 5.08. The van der Waals surface area contributed by atoms with Gasteiger partial charge in [-0.2, -0.15) is 0 Å². The summed E-state index contributed by atoms with van der Waals surface area (Å²) in [7, 11) is 0. The quantitative estimate of drug-likeness (QED) is 0.296. The number of benzene rings is 2. The minimum Gasteiger partial charge on any atom is -0.491 e. The lowest BCUT2D eigenvalue weighted by atomic mass is 10.1. The lowest BCUT2D eigenvalue weighted by molar-refractivity contribution is -0.130. The number of nitrogens with zero attached hydrogens (tertiary/aromatic N) is 1. The second-order valence-corrected chi connectivity index (χ2v) is 8.77. The van der Waals surface area contributed by atoms with Gasteiger partial charge in [0, 0.05) is 10.6 Å². The van der Waals surface area contributed by atoms with Crippen molar-refractivity contribution in [3.8, 4) is 17.2 Å². The van der Waals surface area contributed by atoms with E-state index in [9.17, 15) is 14.4 Å². The number of imide groups is 2. The zero-order chi connectivity index (χ0) is 26.2. The van der Waals surface area contributed by atoms with Gasteiger partial charge in [-0.25, -0.2) is 4.79 Å². The topological polar surface area (TPSA) is 94.2 Å². The monoisotopic (exact) mass is 534 g/mol. The average molecular weight is 535 g/mol. The molecule has 10 heteroatoms. The van der Waals surface area contributed by atoms with Crippen LogP contribution in [-0.4, -0.2) is 42.6 Å². The van der Waals surface area contributed by atoms with E-state index in [-0.39, 0.29) is 17.1 Å². The van der Waals surface area contributed by atoms with E-state index in [0.717, 1.165) is 17.7 Å². The maximum absolute atomic E-state index is 13.3. The molecule has 4 amide bonds. The Morgan fingerprint density at radius 3 is 2.33 bits per heavy atom. The van der Waals surface area contributed by atoms with E-state index in [1.807, 2.05) is 20.8 Å². The van der Waals surface area contributed by atoms with Gasteiger partial charge in [-0.15, -0.1) is 0 Å². The van der Waals surface area contributed by atoms with Gasteiger partial charge in [0.1, 0.15) is 11.3 Å². The molecular formula is C26H28Cl2N2O6. The highest BCUT2D eigenvalue weighted by atomic mass is 35.5. The van der Waals surface area contributed by atoms with Crippen molar-refractivity contribution in [2.75, 3.05) is 19.8 Å². The van der Waals surface area contributed by atoms with Crippen molar-refractivity contribution in [3.05, 3.63) is 57.1 Å². The largest absolute Gasteiger partial charge is 0.491 e. The molecule has 36 heavy (non-hydrogen) atoms. The summed E-state index contributed by atoms with van der Waals surface area (Å²) < 4.78 is 17.1. The first-order valence-corrected chi connectivity index (χ1v) is 12.4. The SMILES string of the molecule is CCCOc1ccc(CN2C(=O)NC(=O)/C(=C\c3cc(Cl)cc(Cl)c3OCCC)C2=O)cc1OCC. The first-order valence-electron chi connectivity index (χ1n) is 11.7. The maximum Gasteiger partial charge on any atom is 0.331 e. The summed E-state index contributed by atoms with van der Waals surface area (Å²) >= 11 is 12.4. The summed E-state index contributed by atoms with van der Waals surface area (Å²) in [6, 6.07) is 7.41. The molecule has 2 aromatic rings. The van der Waals surface area contributed by atoms with Crippen LogP contribution in [0.2, 0.25) is 10.0 Å². The van der Waals surface area contributed by atoms with Crippen molar-refractivity contribution < 1.29 is 28.6 Å². The van der Waals surface area contributed by atoms with Crippen LogP contribution in [0, 0.1) is 0 Å². The number of carbonyl (C=O) groups excluding carboxylic acids is 3. The molecule has 8 nitrogen and oxygen atoms in total. The fraction of sp³-hybridized carbons (Fsp3) is 0.346. The number of amides is 4. The van der Waals surface area contributed by atoms with Crippen LogP contribution in [0.3, 0.4) is 0 Å². The fourth-order valence-electron chi connectivity index (χ4n) is 3.47. The van der Waals surface area contributed by atoms with Gasteiger partial charge in [0.05, 0.1) is 31.4 Å². The summed E-state index contributed by atoms with van der Waals surface area (Å²) in [6.07, 6.45) is 2.89. The van der Waals surface area contributed by atoms with Crippen molar-refractivity contribution in [1.29, 1.82) is 0 Å². The van der Waals surface area contributed by atoms with Crippen LogP contribution in [0.5, 0.6) is 17.2 Å². The Morgan fingerprint density at radius 2 is 1.64 bits per heavy atom. The van der Waals surface area contributed by atoms with Crippen LogP contribution < -0.4 is 19.5 Å². The lowest BCUT2D eigenvalue weighted by Gasteiger charge is -2.27. The van der Waals surface area contributed by atoms with Gasteiger partial charge < -0.3 is 14.2 Å². The Labute approximate surface area is 220 Å². The van der Waals surface area contributed by atoms with Crippen molar-refractivity contribution in [3.63, 3.8) is 0 Å². The molecule has 0 aromatic heterocycles. The smallest absolute Gasteiger partial charge is 0.331 e. The predicted octanol–water partition coefficient (Wildman–Crippen LogP) is 5.63. The van der Waals surface area contributed by atoms with Crippen LogP contribution in [-0.2, 0) is 16.1 Å². The fourth-order valence-corrected chi connectivity index (χ4v) is 4.03. The minimum atomic E-state index is -0.822. The Bertz CT molecular complexity index is 1180. The van der Waals surface area contributed by atoms with Crippen LogP contribution in [0.1, 0.15) is 44.7 Å². The molecule has 1 N–H and O–H groups in total. The van der Waals surface area contributed by atoms with Gasteiger partial charge in [-0.3, -0.25) is 19.8 Å². The van der Waals surface area contributed by atoms with E-state index in [0.29, 0.717) is 53.2 Å². The molecule has 0 atom stereocenters. The van der Waals surface area contributed by atoms with E-state index in [2.05, 4.69) is 5.32 Å². The van der Waals surface area contributed by atoms with E-state index in [4.69, 9.17) is 37.4 Å². The van der Waals surface area contributed by atoms with Gasteiger partial charge in [-0.1, -0.05) is 43.1 Å². The molecule has 1 aliphatic heterocycles. The summed E-state index contributed by atoms with van der Waals surface area (Å²) in [5.41, 5.74) is 0.726. The van der Waals surface area contributed by atoms with Gasteiger partial charge in [0.15, 0.2) is 11.5 Å². The van der Waals surface area contributed by atoms with E-state index in [1.165, 1.54) is 18.2 Å². The third-order valence-corrected chi connectivity index (χ3v) is 5.58. The first-order chi connectivity index (χ1) is 17.3. The number of carbonyl (C=O) groups is 3. The van der Waals surface area contributed by atoms with Crippen LogP contribution in [0.15, 0.2) is 35.9 Å². The van der Waals surface area contributed by atoms with E-state index >= 15 is 0 Å². The molecule has 0 radical (unpaired) electrons.